The Morgan fingerprint density at radius 3 is 2.16 bits per heavy atom. The van der Waals surface area contributed by atoms with E-state index in [4.69, 9.17) is 4.74 Å². The van der Waals surface area contributed by atoms with Crippen molar-refractivity contribution in [3.8, 4) is 5.88 Å². The maximum atomic E-state index is 13.7. The highest BCUT2D eigenvalue weighted by Gasteiger charge is 2.56. The summed E-state index contributed by atoms with van der Waals surface area (Å²) in [5.74, 6) is 5.22. The molecule has 3 atom stereocenters. The van der Waals surface area contributed by atoms with Crippen LogP contribution in [0.4, 0.5) is 8.78 Å². The third kappa shape index (κ3) is 5.64. The number of sulfone groups is 1. The highest BCUT2D eigenvalue weighted by atomic mass is 32.2. The number of nitrogens with zero attached hydrogens (tertiary/aromatic N) is 1. The zero-order valence-corrected chi connectivity index (χ0v) is 24.5. The zero-order valence-electron chi connectivity index (χ0n) is 22.9. The Bertz CT molecular complexity index is 1580. The van der Waals surface area contributed by atoms with Gasteiger partial charge in [-0.25, -0.2) is 22.2 Å². The lowest BCUT2D eigenvalue weighted by molar-refractivity contribution is 0.150. The summed E-state index contributed by atoms with van der Waals surface area (Å²) in [6.07, 6.45) is 0.643. The average Bonchev–Trinajstić information content (AvgIpc) is 3.20. The first-order valence-electron chi connectivity index (χ1n) is 12.1. The predicted molar refractivity (Wildman–Crippen MR) is 150 cm³/mol. The topological polar surface area (TPSA) is 73.3 Å². The molecule has 0 aliphatic carbocycles. The van der Waals surface area contributed by atoms with Gasteiger partial charge in [-0.2, -0.15) is 0 Å². The smallest absolute Gasteiger partial charge is 0.247 e. The molecule has 0 fully saturated rings. The summed E-state index contributed by atoms with van der Waals surface area (Å²) in [5.41, 5.74) is 6.80. The number of rotatable bonds is 1. The van der Waals surface area contributed by atoms with Gasteiger partial charge in [0.1, 0.15) is 0 Å². The SMILES string of the molecule is C=S1(=O)CCc2cc(C)c(C)cc21.COc1cc(C)c(C)cn1.Cc1ccc2c(c1)C(F)C(C)(F)S2(=O)=O. The van der Waals surface area contributed by atoms with Crippen LogP contribution in [-0.4, -0.2) is 41.3 Å². The van der Waals surface area contributed by atoms with Gasteiger partial charge < -0.3 is 4.74 Å². The number of hydrogen-bond acceptors (Lipinski definition) is 5. The largest absolute Gasteiger partial charge is 0.481 e. The molecule has 3 unspecified atom stereocenters. The molecule has 0 amide bonds. The normalized spacial score (nSPS) is 24.3. The van der Waals surface area contributed by atoms with Crippen LogP contribution in [0.5, 0.6) is 5.88 Å². The molecule has 3 heterocycles. The van der Waals surface area contributed by atoms with Gasteiger partial charge in [-0.05, 0) is 103 Å². The lowest BCUT2D eigenvalue weighted by atomic mass is 10.1. The summed E-state index contributed by atoms with van der Waals surface area (Å²) >= 11 is 0. The van der Waals surface area contributed by atoms with Crippen LogP contribution in [0.2, 0.25) is 0 Å². The monoisotopic (exact) mass is 563 g/mol. The molecular weight excluding hydrogens is 528 g/mol. The Kier molecular flexibility index (Phi) is 8.44. The third-order valence-corrected chi connectivity index (χ3v) is 11.3. The first kappa shape index (κ1) is 29.8. The predicted octanol–water partition coefficient (Wildman–Crippen LogP) is 6.12. The van der Waals surface area contributed by atoms with Crippen LogP contribution in [-0.2, 0) is 25.8 Å². The Balaban J connectivity index is 0.000000161. The summed E-state index contributed by atoms with van der Waals surface area (Å²) in [5, 5.41) is -2.84. The number of ether oxygens (including phenoxy) is 1. The van der Waals surface area contributed by atoms with Gasteiger partial charge in [-0.3, -0.25) is 4.21 Å². The van der Waals surface area contributed by atoms with Crippen molar-refractivity contribution in [1.82, 2.24) is 4.98 Å². The van der Waals surface area contributed by atoms with E-state index < -0.39 is 30.5 Å². The van der Waals surface area contributed by atoms with Crippen molar-refractivity contribution in [3.63, 3.8) is 0 Å². The van der Waals surface area contributed by atoms with E-state index in [-0.39, 0.29) is 10.5 Å². The molecule has 0 saturated heterocycles. The quantitative estimate of drug-likeness (QED) is 0.334. The molecule has 0 bridgehead atoms. The number of hydrogen-bond donors (Lipinski definition) is 0. The third-order valence-electron chi connectivity index (χ3n) is 7.04. The van der Waals surface area contributed by atoms with Gasteiger partial charge in [-0.1, -0.05) is 23.8 Å². The molecule has 5 rings (SSSR count). The lowest BCUT2D eigenvalue weighted by Crippen LogP contribution is -2.28. The highest BCUT2D eigenvalue weighted by Crippen LogP contribution is 2.49. The number of fused-ring (bicyclic) bond motifs is 2. The molecule has 0 N–H and O–H groups in total. The van der Waals surface area contributed by atoms with E-state index in [1.165, 1.54) is 46.0 Å². The number of aromatic nitrogens is 1. The highest BCUT2D eigenvalue weighted by molar-refractivity contribution is 8.00. The first-order valence-corrected chi connectivity index (χ1v) is 15.5. The number of methoxy groups -OCH3 is 1. The summed E-state index contributed by atoms with van der Waals surface area (Å²) in [4.78, 5) is 4.80. The fourth-order valence-electron chi connectivity index (χ4n) is 4.23. The van der Waals surface area contributed by atoms with E-state index >= 15 is 0 Å². The Hall–Kier alpha value is -2.78. The number of halogens is 2. The fourth-order valence-corrected chi connectivity index (χ4v) is 7.58. The molecule has 1 aromatic heterocycles. The van der Waals surface area contributed by atoms with Crippen molar-refractivity contribution in [1.29, 1.82) is 0 Å². The number of pyridine rings is 1. The molecule has 206 valence electrons. The van der Waals surface area contributed by atoms with Gasteiger partial charge in [0.2, 0.25) is 20.7 Å². The van der Waals surface area contributed by atoms with Gasteiger partial charge in [-0.15, -0.1) is 0 Å². The lowest BCUT2D eigenvalue weighted by Gasteiger charge is -2.14. The van der Waals surface area contributed by atoms with Crippen molar-refractivity contribution in [3.05, 3.63) is 81.5 Å². The summed E-state index contributed by atoms with van der Waals surface area (Å²) < 4.78 is 67.5. The Morgan fingerprint density at radius 2 is 1.55 bits per heavy atom. The molecule has 0 spiro atoms. The van der Waals surface area contributed by atoms with Crippen LogP contribution in [0.15, 0.2) is 52.4 Å². The van der Waals surface area contributed by atoms with Gasteiger partial charge in [0.05, 0.1) is 12.0 Å². The number of benzene rings is 2. The van der Waals surface area contributed by atoms with Crippen LogP contribution in [0, 0.1) is 34.6 Å². The van der Waals surface area contributed by atoms with Gasteiger partial charge >= 0.3 is 0 Å². The summed E-state index contributed by atoms with van der Waals surface area (Å²) in [6.45, 7) is 10.7. The molecule has 38 heavy (non-hydrogen) atoms. The molecule has 3 aromatic rings. The minimum absolute atomic E-state index is 0.0694. The molecule has 0 saturated carbocycles. The molecular formula is C29H35F2NO4S2. The molecule has 9 heteroatoms. The zero-order chi connectivity index (χ0) is 28.6. The second kappa shape index (κ2) is 10.8. The van der Waals surface area contributed by atoms with Crippen molar-refractivity contribution in [2.75, 3.05) is 12.9 Å². The summed E-state index contributed by atoms with van der Waals surface area (Å²) in [7, 11) is -4.51. The molecule has 5 nitrogen and oxygen atoms in total. The minimum atomic E-state index is -4.19. The van der Waals surface area contributed by atoms with E-state index in [9.17, 15) is 21.4 Å². The van der Waals surface area contributed by atoms with E-state index in [0.717, 1.165) is 24.0 Å². The van der Waals surface area contributed by atoms with E-state index in [1.807, 2.05) is 32.2 Å². The van der Waals surface area contributed by atoms with E-state index in [0.29, 0.717) is 11.4 Å². The fraction of sp³-hybridized carbons (Fsp3) is 0.379. The van der Waals surface area contributed by atoms with Crippen molar-refractivity contribution < 1.29 is 26.1 Å². The first-order chi connectivity index (χ1) is 17.5. The maximum absolute atomic E-state index is 13.7. The molecule has 2 aliphatic heterocycles. The van der Waals surface area contributed by atoms with Crippen molar-refractivity contribution in [2.45, 2.75) is 68.9 Å². The Morgan fingerprint density at radius 1 is 0.947 bits per heavy atom. The number of alkyl halides is 2. The Labute approximate surface area is 225 Å². The van der Waals surface area contributed by atoms with Crippen LogP contribution in [0.1, 0.15) is 52.0 Å². The second-order valence-corrected chi connectivity index (χ2v) is 14.7. The maximum Gasteiger partial charge on any atom is 0.247 e. The van der Waals surface area contributed by atoms with Crippen LogP contribution >= 0.6 is 0 Å². The summed E-state index contributed by atoms with van der Waals surface area (Å²) in [6, 6.07) is 10.3. The van der Waals surface area contributed by atoms with Crippen LogP contribution in [0.25, 0.3) is 0 Å². The van der Waals surface area contributed by atoms with Crippen molar-refractivity contribution in [2.24, 2.45) is 0 Å². The van der Waals surface area contributed by atoms with Gasteiger partial charge in [0, 0.05) is 28.5 Å². The molecule has 2 aromatic carbocycles. The molecule has 2 aliphatic rings. The number of aryl methyl sites for hydroxylation is 6. The second-order valence-electron chi connectivity index (χ2n) is 10.0. The van der Waals surface area contributed by atoms with Crippen LogP contribution < -0.4 is 4.74 Å². The van der Waals surface area contributed by atoms with Gasteiger partial charge in [0.15, 0.2) is 6.17 Å². The standard InChI is InChI=1S/C11H14OS.C10H10F2O2S.C8H11NO/c1-8-6-10-4-5-13(3,12)11(10)7-9(8)2;1-6-3-4-8-7(5-6)9(11)10(2,12)15(8,13)14;1-6-4-8(10-3)9-5-7(6)2/h6-7H,3-5H2,1-2H3;3-5,9H,1-2H3;4-5H,1-3H3. The van der Waals surface area contributed by atoms with Crippen molar-refractivity contribution >= 4 is 25.2 Å². The minimum Gasteiger partial charge on any atom is -0.481 e. The average molecular weight is 564 g/mol. The van der Waals surface area contributed by atoms with Crippen LogP contribution in [0.3, 0.4) is 0 Å². The molecule has 0 radical (unpaired) electrons. The van der Waals surface area contributed by atoms with Gasteiger partial charge in [0.25, 0.3) is 0 Å². The van der Waals surface area contributed by atoms with E-state index in [1.54, 1.807) is 14.0 Å². The van der Waals surface area contributed by atoms with E-state index in [2.05, 4.69) is 30.8 Å².